The monoisotopic (exact) mass is 686 g/mol. The number of nitrogens with zero attached hydrogens (tertiary/aromatic N) is 3. The van der Waals surface area contributed by atoms with Crippen LogP contribution in [0.5, 0.6) is 0 Å². The number of benzene rings is 3. The van der Waals surface area contributed by atoms with Crippen molar-refractivity contribution in [1.82, 2.24) is 9.89 Å². The number of nitrogens with two attached hydrogens (primary N) is 1. The van der Waals surface area contributed by atoms with Crippen molar-refractivity contribution in [3.05, 3.63) is 114 Å². The minimum Gasteiger partial charge on any atom is -0.398 e. The first kappa shape index (κ1) is 35.1. The Morgan fingerprint density at radius 1 is 0.920 bits per heavy atom. The molecule has 8 heteroatoms. The Balaban J connectivity index is 0.918. The van der Waals surface area contributed by atoms with Crippen molar-refractivity contribution in [2.24, 2.45) is 10.7 Å². The van der Waals surface area contributed by atoms with Gasteiger partial charge in [0.1, 0.15) is 11.7 Å². The van der Waals surface area contributed by atoms with Gasteiger partial charge in [-0.05, 0) is 80.3 Å². The SMILES string of the molecule is CC1=CC2Nc3cc(C)c(NCCCCCCCCNC4=CCC(=Nc5ccc(N(C)C)cc5S)C=C4)cc3[N+](c3ccccc3)=C2C=C1N. The van der Waals surface area contributed by atoms with Gasteiger partial charge in [0, 0.05) is 91.3 Å². The number of aliphatic imine (C=N–C) groups is 1. The van der Waals surface area contributed by atoms with Crippen LogP contribution >= 0.6 is 12.6 Å². The van der Waals surface area contributed by atoms with E-state index in [9.17, 15) is 0 Å². The topological polar surface area (TPSA) is 80.7 Å². The number of fused-ring (bicyclic) bond motifs is 2. The van der Waals surface area contributed by atoms with E-state index >= 15 is 0 Å². The molecule has 0 radical (unpaired) electrons. The Morgan fingerprint density at radius 3 is 2.36 bits per heavy atom. The molecule has 7 nitrogen and oxygen atoms in total. The van der Waals surface area contributed by atoms with Gasteiger partial charge in [-0.1, -0.05) is 50.0 Å². The molecule has 3 aromatic carbocycles. The van der Waals surface area contributed by atoms with E-state index in [4.69, 9.17) is 10.7 Å². The average Bonchev–Trinajstić information content (AvgIpc) is 3.11. The summed E-state index contributed by atoms with van der Waals surface area (Å²) in [6.07, 6.45) is 19.0. The largest absolute Gasteiger partial charge is 0.398 e. The number of allylic oxidation sites excluding steroid dienone is 4. The predicted molar refractivity (Wildman–Crippen MR) is 219 cm³/mol. The third kappa shape index (κ3) is 8.53. The molecule has 6 rings (SSSR count). The zero-order valence-electron chi connectivity index (χ0n) is 30.0. The maximum absolute atomic E-state index is 6.40. The third-order valence-corrected chi connectivity index (χ3v) is 9.99. The summed E-state index contributed by atoms with van der Waals surface area (Å²) >= 11 is 4.64. The van der Waals surface area contributed by atoms with Gasteiger partial charge < -0.3 is 26.6 Å². The Labute approximate surface area is 303 Å². The molecule has 0 amide bonds. The smallest absolute Gasteiger partial charge is 0.236 e. The number of hydrogen-bond donors (Lipinski definition) is 5. The fourth-order valence-corrected chi connectivity index (χ4v) is 6.93. The van der Waals surface area contributed by atoms with Crippen LogP contribution in [0.3, 0.4) is 0 Å². The first-order valence-corrected chi connectivity index (χ1v) is 18.4. The van der Waals surface area contributed by atoms with Gasteiger partial charge in [-0.2, -0.15) is 4.58 Å². The summed E-state index contributed by atoms with van der Waals surface area (Å²) in [5.41, 5.74) is 19.6. The number of thiol groups is 1. The summed E-state index contributed by atoms with van der Waals surface area (Å²) in [5, 5.41) is 11.1. The molecular formula is C42H52N7S+. The van der Waals surface area contributed by atoms with Crippen LogP contribution in [0, 0.1) is 6.92 Å². The second-order valence-corrected chi connectivity index (χ2v) is 14.2. The molecule has 0 bridgehead atoms. The Morgan fingerprint density at radius 2 is 1.66 bits per heavy atom. The molecule has 1 atom stereocenters. The summed E-state index contributed by atoms with van der Waals surface area (Å²) in [6, 6.07) is 21.4. The zero-order valence-corrected chi connectivity index (χ0v) is 30.9. The molecule has 0 spiro atoms. The molecule has 0 aromatic heterocycles. The van der Waals surface area contributed by atoms with Gasteiger partial charge in [0.15, 0.2) is 0 Å². The number of hydrogen-bond acceptors (Lipinski definition) is 7. The quantitative estimate of drug-likeness (QED) is 0.0664. The van der Waals surface area contributed by atoms with Crippen molar-refractivity contribution in [1.29, 1.82) is 0 Å². The van der Waals surface area contributed by atoms with E-state index in [1.54, 1.807) is 0 Å². The first-order chi connectivity index (χ1) is 24.3. The number of unbranched alkanes of at least 4 members (excludes halogenated alkanes) is 5. The highest BCUT2D eigenvalue weighted by atomic mass is 32.1. The molecule has 5 N–H and O–H groups in total. The van der Waals surface area contributed by atoms with Crippen LogP contribution in [-0.2, 0) is 0 Å². The summed E-state index contributed by atoms with van der Waals surface area (Å²) in [5.74, 6) is 0. The van der Waals surface area contributed by atoms with Gasteiger partial charge >= 0.3 is 0 Å². The number of aryl methyl sites for hydroxylation is 1. The molecule has 50 heavy (non-hydrogen) atoms. The van der Waals surface area contributed by atoms with Crippen LogP contribution in [-0.4, -0.2) is 44.7 Å². The van der Waals surface area contributed by atoms with Gasteiger partial charge in [0.2, 0.25) is 17.1 Å². The Kier molecular flexibility index (Phi) is 11.5. The zero-order chi connectivity index (χ0) is 35.0. The first-order valence-electron chi connectivity index (χ1n) is 18.0. The molecule has 3 aliphatic rings. The number of nitrogens with one attached hydrogen (secondary N) is 3. The van der Waals surface area contributed by atoms with Crippen molar-refractivity contribution in [3.8, 4) is 0 Å². The molecule has 2 aliphatic carbocycles. The van der Waals surface area contributed by atoms with E-state index < -0.39 is 0 Å². The fraction of sp³-hybridized carbons (Fsp3) is 0.333. The van der Waals surface area contributed by atoms with Crippen LogP contribution < -0.4 is 31.2 Å². The highest BCUT2D eigenvalue weighted by molar-refractivity contribution is 7.80. The third-order valence-electron chi connectivity index (χ3n) is 9.64. The van der Waals surface area contributed by atoms with Crippen LogP contribution in [0.25, 0.3) is 0 Å². The van der Waals surface area contributed by atoms with Gasteiger partial charge in [0.25, 0.3) is 0 Å². The average molecular weight is 687 g/mol. The van der Waals surface area contributed by atoms with Crippen molar-refractivity contribution in [2.45, 2.75) is 69.7 Å². The molecule has 0 fully saturated rings. The lowest BCUT2D eigenvalue weighted by Gasteiger charge is -2.27. The van der Waals surface area contributed by atoms with Gasteiger partial charge in [-0.3, -0.25) is 4.99 Å². The standard InChI is InChI=1S/C42H51N7S/c1-29-24-38-40(27-35(29)43)49(33-14-10-9-11-15-33)41-28-37(30(2)25-39(41)47-38)45-23-13-8-6-5-7-12-22-44-31-16-18-32(19-17-31)46-36-21-20-34(48(3)4)26-42(36)50/h9-11,14-18,20-21,24-28,38,43-45,47,50H,5-8,12-13,19,22-23H2,1-4H3/p+1. The molecule has 1 aliphatic heterocycles. The molecule has 0 saturated heterocycles. The number of para-hydroxylation sites is 1. The second-order valence-electron chi connectivity index (χ2n) is 13.7. The normalized spacial score (nSPS) is 17.3. The van der Waals surface area contributed by atoms with Gasteiger partial charge in [-0.15, -0.1) is 12.6 Å². The lowest BCUT2D eigenvalue weighted by molar-refractivity contribution is 0.590. The van der Waals surface area contributed by atoms with E-state index in [0.29, 0.717) is 0 Å². The molecule has 3 aromatic rings. The maximum Gasteiger partial charge on any atom is 0.236 e. The molecule has 1 unspecified atom stereocenters. The van der Waals surface area contributed by atoms with Crippen molar-refractivity contribution in [2.75, 3.05) is 42.7 Å². The molecular weight excluding hydrogens is 635 g/mol. The Hall–Kier alpha value is -4.69. The molecule has 1 heterocycles. The highest BCUT2D eigenvalue weighted by Crippen LogP contribution is 2.39. The van der Waals surface area contributed by atoms with Gasteiger partial charge in [-0.25, -0.2) is 0 Å². The summed E-state index contributed by atoms with van der Waals surface area (Å²) in [6.45, 7) is 6.24. The van der Waals surface area contributed by atoms with Crippen molar-refractivity contribution in [3.63, 3.8) is 0 Å². The minimum atomic E-state index is 0.0817. The number of anilines is 3. The maximum atomic E-state index is 6.40. The lowest BCUT2D eigenvalue weighted by Crippen LogP contribution is -2.40. The van der Waals surface area contributed by atoms with E-state index in [-0.39, 0.29) is 6.04 Å². The summed E-state index contributed by atoms with van der Waals surface area (Å²) in [4.78, 5) is 7.79. The fourth-order valence-electron chi connectivity index (χ4n) is 6.68. The van der Waals surface area contributed by atoms with E-state index in [1.165, 1.54) is 49.1 Å². The van der Waals surface area contributed by atoms with Crippen molar-refractivity contribution >= 4 is 58.2 Å². The Bertz CT molecular complexity index is 1880. The number of rotatable bonds is 14. The second kappa shape index (κ2) is 16.3. The van der Waals surface area contributed by atoms with Gasteiger partial charge in [0.05, 0.1) is 5.69 Å². The highest BCUT2D eigenvalue weighted by Gasteiger charge is 2.36. The van der Waals surface area contributed by atoms with E-state index in [1.807, 2.05) is 20.2 Å². The molecule has 260 valence electrons. The van der Waals surface area contributed by atoms with E-state index in [2.05, 4.69) is 137 Å². The van der Waals surface area contributed by atoms with E-state index in [0.717, 1.165) is 82.0 Å². The minimum absolute atomic E-state index is 0.0817. The molecule has 0 saturated carbocycles. The van der Waals surface area contributed by atoms with Crippen LogP contribution in [0.4, 0.5) is 34.1 Å². The van der Waals surface area contributed by atoms with Crippen LogP contribution in [0.2, 0.25) is 0 Å². The summed E-state index contributed by atoms with van der Waals surface area (Å²) < 4.78 is 2.35. The summed E-state index contributed by atoms with van der Waals surface area (Å²) in [7, 11) is 4.06. The van der Waals surface area contributed by atoms with Crippen LogP contribution in [0.1, 0.15) is 57.4 Å². The van der Waals surface area contributed by atoms with Crippen molar-refractivity contribution < 1.29 is 0 Å². The predicted octanol–water partition coefficient (Wildman–Crippen LogP) is 9.18. The lowest BCUT2D eigenvalue weighted by atomic mass is 9.95. The van der Waals surface area contributed by atoms with Crippen LogP contribution in [0.15, 0.2) is 118 Å².